The van der Waals surface area contributed by atoms with Gasteiger partial charge in [-0.3, -0.25) is 9.48 Å². The number of anilines is 2. The maximum Gasteiger partial charge on any atom is 0.392 e. The topological polar surface area (TPSA) is 101 Å². The van der Waals surface area contributed by atoms with Gasteiger partial charge in [-0.2, -0.15) is 18.3 Å². The third-order valence-electron chi connectivity index (χ3n) is 5.96. The van der Waals surface area contributed by atoms with Crippen molar-refractivity contribution in [2.45, 2.75) is 25.6 Å². The molecule has 0 bridgehead atoms. The van der Waals surface area contributed by atoms with Gasteiger partial charge >= 0.3 is 6.18 Å². The summed E-state index contributed by atoms with van der Waals surface area (Å²) in [6.45, 7) is 1.92. The van der Waals surface area contributed by atoms with Crippen molar-refractivity contribution in [1.29, 1.82) is 0 Å². The van der Waals surface area contributed by atoms with Gasteiger partial charge in [-0.1, -0.05) is 12.1 Å². The van der Waals surface area contributed by atoms with Gasteiger partial charge in [-0.25, -0.2) is 9.97 Å². The Kier molecular flexibility index (Phi) is 5.26. The molecule has 0 radical (unpaired) electrons. The van der Waals surface area contributed by atoms with Crippen molar-refractivity contribution in [1.82, 2.24) is 24.7 Å². The molecule has 0 aliphatic heterocycles. The molecule has 0 saturated heterocycles. The van der Waals surface area contributed by atoms with Crippen molar-refractivity contribution in [2.75, 3.05) is 10.6 Å². The first-order chi connectivity index (χ1) is 16.2. The number of aromatic amines is 1. The second-order valence-corrected chi connectivity index (χ2v) is 8.53. The highest BCUT2D eigenvalue weighted by Crippen LogP contribution is 2.50. The Labute approximate surface area is 192 Å². The zero-order valence-corrected chi connectivity index (χ0v) is 18.4. The van der Waals surface area contributed by atoms with Gasteiger partial charge in [-0.05, 0) is 31.0 Å². The SMILES string of the molecule is C[C@H](Nc1cnc2[nH]cc(-c3cnn(C)c3)c2n1)c1cccc(NC(=O)[C@@H]2C[C@@H]2C(F)(F)F)c1. The van der Waals surface area contributed by atoms with Gasteiger partial charge in [0.2, 0.25) is 5.91 Å². The van der Waals surface area contributed by atoms with Crippen molar-refractivity contribution in [3.05, 3.63) is 54.6 Å². The number of rotatable bonds is 6. The lowest BCUT2D eigenvalue weighted by Gasteiger charge is -2.16. The molecule has 1 aromatic carbocycles. The molecule has 3 N–H and O–H groups in total. The Hall–Kier alpha value is -3.89. The summed E-state index contributed by atoms with van der Waals surface area (Å²) in [4.78, 5) is 24.4. The molecule has 8 nitrogen and oxygen atoms in total. The molecular weight excluding hydrogens is 447 g/mol. The maximum absolute atomic E-state index is 12.8. The third kappa shape index (κ3) is 4.33. The number of H-pyrrole nitrogens is 1. The van der Waals surface area contributed by atoms with Crippen LogP contribution >= 0.6 is 0 Å². The Morgan fingerprint density at radius 2 is 2.12 bits per heavy atom. The normalized spacial score (nSPS) is 18.6. The average Bonchev–Trinajstić information content (AvgIpc) is 3.36. The number of carbonyl (C=O) groups excluding carboxylic acids is 1. The lowest BCUT2D eigenvalue weighted by Crippen LogP contribution is -2.20. The minimum absolute atomic E-state index is 0.158. The van der Waals surface area contributed by atoms with Gasteiger partial charge < -0.3 is 15.6 Å². The molecule has 176 valence electrons. The first-order valence-electron chi connectivity index (χ1n) is 10.8. The van der Waals surface area contributed by atoms with Gasteiger partial charge in [0.05, 0.1) is 30.3 Å². The monoisotopic (exact) mass is 469 g/mol. The number of benzene rings is 1. The van der Waals surface area contributed by atoms with Gasteiger partial charge in [0.1, 0.15) is 11.3 Å². The number of amides is 1. The number of hydrogen-bond acceptors (Lipinski definition) is 5. The fourth-order valence-corrected chi connectivity index (χ4v) is 4.01. The molecule has 1 amide bonds. The molecule has 1 saturated carbocycles. The fourth-order valence-electron chi connectivity index (χ4n) is 4.01. The Bertz CT molecular complexity index is 1360. The molecular formula is C23H22F3N7O. The van der Waals surface area contributed by atoms with E-state index < -0.39 is 23.9 Å². The van der Waals surface area contributed by atoms with E-state index in [1.165, 1.54) is 0 Å². The van der Waals surface area contributed by atoms with Crippen molar-refractivity contribution in [2.24, 2.45) is 18.9 Å². The van der Waals surface area contributed by atoms with E-state index in [1.54, 1.807) is 35.3 Å². The lowest BCUT2D eigenvalue weighted by molar-refractivity contribution is -0.153. The average molecular weight is 469 g/mol. The third-order valence-corrected chi connectivity index (χ3v) is 5.96. The quantitative estimate of drug-likeness (QED) is 0.381. The summed E-state index contributed by atoms with van der Waals surface area (Å²) in [5.74, 6) is -2.61. The van der Waals surface area contributed by atoms with E-state index in [-0.39, 0.29) is 12.5 Å². The highest BCUT2D eigenvalue weighted by Gasteiger charge is 2.58. The molecule has 3 aromatic heterocycles. The number of nitrogens with one attached hydrogen (secondary N) is 3. The summed E-state index contributed by atoms with van der Waals surface area (Å²) >= 11 is 0. The summed E-state index contributed by atoms with van der Waals surface area (Å²) in [5.41, 5.74) is 4.45. The minimum Gasteiger partial charge on any atom is -0.362 e. The lowest BCUT2D eigenvalue weighted by atomic mass is 10.1. The largest absolute Gasteiger partial charge is 0.392 e. The van der Waals surface area contributed by atoms with Crippen LogP contribution in [0.3, 0.4) is 0 Å². The molecule has 4 aromatic rings. The standard InChI is InChI=1S/C23H22F3N7O/c1-12(13-4-3-5-15(6-13)31-22(34)16-7-18(16)23(24,25)26)30-19-10-28-21-20(32-19)17(9-27-21)14-8-29-33(2)11-14/h3-6,8-12,16,18H,7H2,1-2H3,(H,27,28)(H,30,32)(H,31,34)/t12-,16+,18-/m0/s1. The summed E-state index contributed by atoms with van der Waals surface area (Å²) in [5, 5.41) is 10.1. The number of fused-ring (bicyclic) bond motifs is 1. The second kappa shape index (κ2) is 8.15. The van der Waals surface area contributed by atoms with E-state index in [2.05, 4.69) is 25.7 Å². The number of aryl methyl sites for hydroxylation is 1. The van der Waals surface area contributed by atoms with Crippen molar-refractivity contribution < 1.29 is 18.0 Å². The highest BCUT2D eigenvalue weighted by atomic mass is 19.4. The van der Waals surface area contributed by atoms with Crippen LogP contribution in [0.5, 0.6) is 0 Å². The number of carbonyl (C=O) groups is 1. The number of hydrogen-bond donors (Lipinski definition) is 3. The van der Waals surface area contributed by atoms with Crippen LogP contribution in [0, 0.1) is 11.8 Å². The fraction of sp³-hybridized carbons (Fsp3) is 0.304. The molecule has 5 rings (SSSR count). The van der Waals surface area contributed by atoms with Crippen LogP contribution in [0.2, 0.25) is 0 Å². The first-order valence-corrected chi connectivity index (χ1v) is 10.8. The molecule has 1 aliphatic carbocycles. The number of alkyl halides is 3. The summed E-state index contributed by atoms with van der Waals surface area (Å²) in [7, 11) is 1.84. The van der Waals surface area contributed by atoms with Gasteiger partial charge in [0, 0.05) is 36.3 Å². The molecule has 3 heterocycles. The van der Waals surface area contributed by atoms with Gasteiger partial charge in [-0.15, -0.1) is 0 Å². The molecule has 34 heavy (non-hydrogen) atoms. The van der Waals surface area contributed by atoms with Crippen LogP contribution in [0.1, 0.15) is 24.9 Å². The van der Waals surface area contributed by atoms with Crippen LogP contribution in [-0.2, 0) is 11.8 Å². The zero-order chi connectivity index (χ0) is 24.0. The van der Waals surface area contributed by atoms with Gasteiger partial charge in [0.25, 0.3) is 0 Å². The van der Waals surface area contributed by atoms with E-state index in [9.17, 15) is 18.0 Å². The molecule has 11 heteroatoms. The molecule has 0 unspecified atom stereocenters. The summed E-state index contributed by atoms with van der Waals surface area (Å²) < 4.78 is 40.0. The van der Waals surface area contributed by atoms with E-state index in [0.29, 0.717) is 22.7 Å². The second-order valence-electron chi connectivity index (χ2n) is 8.53. The van der Waals surface area contributed by atoms with Crippen molar-refractivity contribution in [3.63, 3.8) is 0 Å². The van der Waals surface area contributed by atoms with Crippen LogP contribution in [0.15, 0.2) is 49.1 Å². The summed E-state index contributed by atoms with van der Waals surface area (Å²) in [6.07, 6.45) is 2.62. The van der Waals surface area contributed by atoms with Crippen molar-refractivity contribution in [3.8, 4) is 11.1 Å². The highest BCUT2D eigenvalue weighted by molar-refractivity contribution is 5.94. The predicted octanol–water partition coefficient (Wildman–Crippen LogP) is 4.67. The van der Waals surface area contributed by atoms with E-state index in [0.717, 1.165) is 16.7 Å². The Morgan fingerprint density at radius 3 is 2.82 bits per heavy atom. The van der Waals surface area contributed by atoms with Crippen LogP contribution < -0.4 is 10.6 Å². The zero-order valence-electron chi connectivity index (χ0n) is 18.4. The van der Waals surface area contributed by atoms with Crippen LogP contribution in [0.25, 0.3) is 22.3 Å². The minimum atomic E-state index is -4.33. The van der Waals surface area contributed by atoms with Gasteiger partial charge in [0.15, 0.2) is 5.65 Å². The van der Waals surface area contributed by atoms with E-state index >= 15 is 0 Å². The van der Waals surface area contributed by atoms with Crippen molar-refractivity contribution >= 4 is 28.6 Å². The Balaban J connectivity index is 1.30. The molecule has 0 spiro atoms. The molecule has 1 fully saturated rings. The maximum atomic E-state index is 12.8. The number of halogens is 3. The van der Waals surface area contributed by atoms with E-state index in [4.69, 9.17) is 4.98 Å². The predicted molar refractivity (Wildman–Crippen MR) is 121 cm³/mol. The Morgan fingerprint density at radius 1 is 1.29 bits per heavy atom. The van der Waals surface area contributed by atoms with Crippen LogP contribution in [0.4, 0.5) is 24.7 Å². The van der Waals surface area contributed by atoms with E-state index in [1.807, 2.05) is 32.4 Å². The molecule has 1 aliphatic rings. The number of nitrogens with zero attached hydrogens (tertiary/aromatic N) is 4. The van der Waals surface area contributed by atoms with Crippen LogP contribution in [-0.4, -0.2) is 36.8 Å². The molecule has 3 atom stereocenters. The first kappa shape index (κ1) is 21.9. The summed E-state index contributed by atoms with van der Waals surface area (Å²) in [6, 6.07) is 6.81. The smallest absolute Gasteiger partial charge is 0.362 e. The number of aromatic nitrogens is 5.